The predicted octanol–water partition coefficient (Wildman–Crippen LogP) is 1.87. The first-order valence-corrected chi connectivity index (χ1v) is 8.38. The number of hydrogen-bond acceptors (Lipinski definition) is 4. The zero-order valence-corrected chi connectivity index (χ0v) is 14.4. The summed E-state index contributed by atoms with van der Waals surface area (Å²) in [6.45, 7) is 4.39. The third-order valence-electron chi connectivity index (χ3n) is 4.68. The number of nitrogens with zero attached hydrogens (tertiary/aromatic N) is 1. The Morgan fingerprint density at radius 3 is 2.62 bits per heavy atom. The first-order valence-electron chi connectivity index (χ1n) is 8.38. The smallest absolute Gasteiger partial charge is 0.221 e. The maximum atomic E-state index is 14.7. The van der Waals surface area contributed by atoms with E-state index >= 15 is 0 Å². The van der Waals surface area contributed by atoms with E-state index in [0.717, 1.165) is 5.56 Å². The van der Waals surface area contributed by atoms with Crippen LogP contribution in [0.3, 0.4) is 0 Å². The third kappa shape index (κ3) is 3.61. The lowest BCUT2D eigenvalue weighted by Gasteiger charge is -2.42. The molecule has 4 atom stereocenters. The average Bonchev–Trinajstić information content (AvgIpc) is 2.88. The molecule has 0 spiro atoms. The quantitative estimate of drug-likeness (QED) is 0.912. The Kier molecular flexibility index (Phi) is 4.90. The summed E-state index contributed by atoms with van der Waals surface area (Å²) in [5.41, 5.74) is 1.09. The van der Waals surface area contributed by atoms with Gasteiger partial charge in [-0.3, -0.25) is 9.69 Å². The minimum Gasteiger partial charge on any atom is -0.359 e. The molecular weight excluding hydrogens is 311 g/mol. The lowest BCUT2D eigenvalue weighted by molar-refractivity contribution is -0.151. The Morgan fingerprint density at radius 2 is 1.96 bits per heavy atom. The van der Waals surface area contributed by atoms with Crippen LogP contribution < -0.4 is 5.32 Å². The van der Waals surface area contributed by atoms with E-state index in [9.17, 15) is 9.18 Å². The van der Waals surface area contributed by atoms with Crippen LogP contribution in [0.15, 0.2) is 30.3 Å². The number of likely N-dealkylation sites (tertiary alicyclic amines) is 1. The second-order valence-electron chi connectivity index (χ2n) is 6.94. The highest BCUT2D eigenvalue weighted by Gasteiger charge is 2.54. The Morgan fingerprint density at radius 1 is 1.29 bits per heavy atom. The number of piperidine rings is 1. The van der Waals surface area contributed by atoms with Crippen molar-refractivity contribution < 1.29 is 18.7 Å². The van der Waals surface area contributed by atoms with Gasteiger partial charge in [0.1, 0.15) is 18.4 Å². The van der Waals surface area contributed by atoms with Gasteiger partial charge in [0, 0.05) is 32.6 Å². The fraction of sp³-hybridized carbons (Fsp3) is 0.611. The number of carbonyl (C=O) groups excluding carboxylic acids is 1. The topological polar surface area (TPSA) is 50.8 Å². The van der Waals surface area contributed by atoms with E-state index < -0.39 is 24.2 Å². The van der Waals surface area contributed by atoms with Gasteiger partial charge >= 0.3 is 0 Å². The molecule has 0 aromatic heterocycles. The number of hydrogen-bond donors (Lipinski definition) is 1. The lowest BCUT2D eigenvalue weighted by Crippen LogP contribution is -2.59. The van der Waals surface area contributed by atoms with E-state index in [1.807, 2.05) is 35.2 Å². The molecule has 4 unspecified atom stereocenters. The number of nitrogens with one attached hydrogen (secondary N) is 1. The van der Waals surface area contributed by atoms with Crippen LogP contribution in [0, 0.1) is 0 Å². The van der Waals surface area contributed by atoms with E-state index in [0.29, 0.717) is 6.54 Å². The molecule has 6 heteroatoms. The maximum Gasteiger partial charge on any atom is 0.221 e. The molecule has 0 saturated carbocycles. The molecule has 0 radical (unpaired) electrons. The summed E-state index contributed by atoms with van der Waals surface area (Å²) in [6, 6.07) is 9.66. The Balaban J connectivity index is 1.84. The summed E-state index contributed by atoms with van der Waals surface area (Å²) >= 11 is 0. The maximum absolute atomic E-state index is 14.7. The highest BCUT2D eigenvalue weighted by Crippen LogP contribution is 2.39. The molecular formula is C18H25FN2O3. The van der Waals surface area contributed by atoms with Crippen LogP contribution in [0.1, 0.15) is 25.8 Å². The first kappa shape index (κ1) is 17.3. The fourth-order valence-corrected chi connectivity index (χ4v) is 3.60. The minimum atomic E-state index is -1.14. The van der Waals surface area contributed by atoms with Crippen LogP contribution in [0.5, 0.6) is 0 Å². The second-order valence-corrected chi connectivity index (χ2v) is 6.94. The monoisotopic (exact) mass is 336 g/mol. The van der Waals surface area contributed by atoms with Gasteiger partial charge in [-0.05, 0) is 19.4 Å². The Labute approximate surface area is 142 Å². The van der Waals surface area contributed by atoms with Gasteiger partial charge in [0.2, 0.25) is 5.91 Å². The number of alkyl halides is 1. The van der Waals surface area contributed by atoms with Crippen LogP contribution in [0.2, 0.25) is 0 Å². The van der Waals surface area contributed by atoms with Crippen molar-refractivity contribution in [2.75, 3.05) is 13.6 Å². The molecule has 24 heavy (non-hydrogen) atoms. The molecule has 1 N–H and O–H groups in total. The van der Waals surface area contributed by atoms with Gasteiger partial charge in [0.05, 0.1) is 0 Å². The zero-order valence-electron chi connectivity index (χ0n) is 14.4. The summed E-state index contributed by atoms with van der Waals surface area (Å²) in [5.74, 6) is -0.911. The fourth-order valence-electron chi connectivity index (χ4n) is 3.60. The van der Waals surface area contributed by atoms with Crippen molar-refractivity contribution >= 4 is 5.91 Å². The molecule has 0 bridgehead atoms. The Hall–Kier alpha value is -1.50. The number of halogens is 1. The number of carbonyl (C=O) groups is 1. The van der Waals surface area contributed by atoms with Crippen molar-refractivity contribution in [3.05, 3.63) is 35.9 Å². The number of rotatable bonds is 4. The van der Waals surface area contributed by atoms with E-state index in [1.165, 1.54) is 0 Å². The first-order chi connectivity index (χ1) is 11.4. The molecule has 132 valence electrons. The summed E-state index contributed by atoms with van der Waals surface area (Å²) in [7, 11) is 1.61. The van der Waals surface area contributed by atoms with Crippen molar-refractivity contribution in [3.8, 4) is 0 Å². The average molecular weight is 336 g/mol. The molecule has 2 fully saturated rings. The largest absolute Gasteiger partial charge is 0.359 e. The number of ether oxygens (including phenoxy) is 2. The molecule has 2 saturated heterocycles. The number of benzene rings is 1. The van der Waals surface area contributed by atoms with Gasteiger partial charge in [-0.1, -0.05) is 30.3 Å². The van der Waals surface area contributed by atoms with Gasteiger partial charge in [-0.2, -0.15) is 0 Å². The third-order valence-corrected chi connectivity index (χ3v) is 4.68. The van der Waals surface area contributed by atoms with Gasteiger partial charge in [-0.15, -0.1) is 0 Å². The van der Waals surface area contributed by atoms with Crippen LogP contribution in [-0.2, 0) is 20.8 Å². The van der Waals surface area contributed by atoms with Gasteiger partial charge in [-0.25, -0.2) is 4.39 Å². The predicted molar refractivity (Wildman–Crippen MR) is 88.0 cm³/mol. The Bertz CT molecular complexity index is 581. The van der Waals surface area contributed by atoms with Crippen LogP contribution in [-0.4, -0.2) is 54.6 Å². The van der Waals surface area contributed by atoms with Gasteiger partial charge < -0.3 is 14.8 Å². The van der Waals surface area contributed by atoms with Crippen LogP contribution in [0.4, 0.5) is 4.39 Å². The number of fused-ring (bicyclic) bond motifs is 1. The summed E-state index contributed by atoms with van der Waals surface area (Å²) < 4.78 is 26.4. The molecule has 0 aliphatic carbocycles. The highest BCUT2D eigenvalue weighted by atomic mass is 19.1. The zero-order chi connectivity index (χ0) is 17.3. The molecule has 1 amide bonds. The molecule has 1 aromatic rings. The van der Waals surface area contributed by atoms with Crippen LogP contribution >= 0.6 is 0 Å². The van der Waals surface area contributed by atoms with Crippen molar-refractivity contribution in [2.24, 2.45) is 0 Å². The molecule has 2 heterocycles. The van der Waals surface area contributed by atoms with Gasteiger partial charge in [0.15, 0.2) is 5.79 Å². The summed E-state index contributed by atoms with van der Waals surface area (Å²) in [4.78, 5) is 14.0. The van der Waals surface area contributed by atoms with Crippen molar-refractivity contribution in [3.63, 3.8) is 0 Å². The van der Waals surface area contributed by atoms with Crippen molar-refractivity contribution in [1.82, 2.24) is 10.2 Å². The van der Waals surface area contributed by atoms with Crippen molar-refractivity contribution in [2.45, 2.75) is 57.0 Å². The minimum absolute atomic E-state index is 0.0811. The number of amides is 1. The molecule has 3 rings (SSSR count). The van der Waals surface area contributed by atoms with Crippen molar-refractivity contribution in [1.29, 1.82) is 0 Å². The molecule has 5 nitrogen and oxygen atoms in total. The van der Waals surface area contributed by atoms with E-state index in [2.05, 4.69) is 5.32 Å². The summed E-state index contributed by atoms with van der Waals surface area (Å²) in [5, 5.41) is 2.65. The molecule has 2 aliphatic rings. The van der Waals surface area contributed by atoms with E-state index in [1.54, 1.807) is 20.9 Å². The normalized spacial score (nSPS) is 32.3. The van der Waals surface area contributed by atoms with E-state index in [4.69, 9.17) is 9.47 Å². The summed E-state index contributed by atoms with van der Waals surface area (Å²) in [6.07, 6.45) is -1.95. The SMILES string of the molecule is CNC(=O)CC1C2OC(C)(C)OC2C(F)CN1Cc1ccccc1. The van der Waals surface area contributed by atoms with E-state index in [-0.39, 0.29) is 24.9 Å². The molecule has 1 aromatic carbocycles. The second kappa shape index (κ2) is 6.78. The van der Waals surface area contributed by atoms with Crippen LogP contribution in [0.25, 0.3) is 0 Å². The lowest BCUT2D eigenvalue weighted by atomic mass is 9.91. The van der Waals surface area contributed by atoms with Gasteiger partial charge in [0.25, 0.3) is 0 Å². The standard InChI is InChI=1S/C18H25FN2O3/c1-18(2)23-16-13(19)11-21(10-12-7-5-4-6-8-12)14(17(16)24-18)9-15(22)20-3/h4-8,13-14,16-17H,9-11H2,1-3H3,(H,20,22). The molecule has 2 aliphatic heterocycles. The highest BCUT2D eigenvalue weighted by molar-refractivity contribution is 5.76.